The third-order valence-corrected chi connectivity index (χ3v) is 4.25. The van der Waals surface area contributed by atoms with Crippen LogP contribution >= 0.6 is 0 Å². The number of nitrogens with one attached hydrogen (secondary N) is 1. The van der Waals surface area contributed by atoms with Crippen LogP contribution in [0.4, 0.5) is 5.69 Å². The number of carbonyl (C=O) groups excluding carboxylic acids is 1. The number of amides is 1. The lowest BCUT2D eigenvalue weighted by molar-refractivity contribution is -0.124. The number of aromatic nitrogens is 3. The highest BCUT2D eigenvalue weighted by Gasteiger charge is 2.40. The van der Waals surface area contributed by atoms with Gasteiger partial charge in [0, 0.05) is 6.54 Å². The van der Waals surface area contributed by atoms with E-state index in [1.807, 2.05) is 24.3 Å². The summed E-state index contributed by atoms with van der Waals surface area (Å²) in [5.41, 5.74) is 6.98. The van der Waals surface area contributed by atoms with Gasteiger partial charge < -0.3 is 11.1 Å². The molecule has 110 valence electrons. The molecular weight excluding hydrogens is 266 g/mol. The Labute approximate surface area is 123 Å². The average Bonchev–Trinajstić information content (AvgIpc) is 3.20. The highest BCUT2D eigenvalue weighted by molar-refractivity contribution is 5.97. The third-order valence-electron chi connectivity index (χ3n) is 4.25. The summed E-state index contributed by atoms with van der Waals surface area (Å²) >= 11 is 0. The number of carbonyl (C=O) groups is 1. The molecule has 0 aliphatic heterocycles. The molecule has 0 radical (unpaired) electrons. The van der Waals surface area contributed by atoms with Crippen LogP contribution in [0.2, 0.25) is 0 Å². The molecule has 0 unspecified atom stereocenters. The predicted octanol–water partition coefficient (Wildman–Crippen LogP) is 1.72. The van der Waals surface area contributed by atoms with Crippen molar-refractivity contribution in [2.45, 2.75) is 25.7 Å². The van der Waals surface area contributed by atoms with Crippen molar-refractivity contribution in [3.05, 3.63) is 36.7 Å². The van der Waals surface area contributed by atoms with Crippen LogP contribution in [-0.2, 0) is 4.79 Å². The number of rotatable bonds is 4. The first-order valence-electron chi connectivity index (χ1n) is 7.22. The Morgan fingerprint density at radius 1 is 1.33 bits per heavy atom. The molecule has 2 aromatic rings. The van der Waals surface area contributed by atoms with Gasteiger partial charge in [0.15, 0.2) is 0 Å². The van der Waals surface area contributed by atoms with Crippen molar-refractivity contribution in [1.82, 2.24) is 15.0 Å². The Hall–Kier alpha value is -2.21. The first-order valence-corrected chi connectivity index (χ1v) is 7.22. The van der Waals surface area contributed by atoms with Crippen molar-refractivity contribution >= 4 is 11.6 Å². The van der Waals surface area contributed by atoms with Crippen LogP contribution in [0.5, 0.6) is 0 Å². The number of hydrogen-bond donors (Lipinski definition) is 2. The molecule has 1 aromatic carbocycles. The maximum atomic E-state index is 12.7. The van der Waals surface area contributed by atoms with E-state index < -0.39 is 5.41 Å². The first-order chi connectivity index (χ1) is 10.2. The molecule has 1 fully saturated rings. The summed E-state index contributed by atoms with van der Waals surface area (Å²) in [6.07, 6.45) is 7.21. The SMILES string of the molecule is NCC1(C(=O)Nc2ccccc2-n2ccnn2)CCCC1. The Morgan fingerprint density at radius 2 is 2.10 bits per heavy atom. The molecule has 1 aromatic heterocycles. The molecule has 6 heteroatoms. The Morgan fingerprint density at radius 3 is 2.76 bits per heavy atom. The summed E-state index contributed by atoms with van der Waals surface area (Å²) in [6.45, 7) is 0.393. The standard InChI is InChI=1S/C15H19N5O/c16-11-15(7-3-4-8-15)14(21)18-12-5-1-2-6-13(12)20-10-9-17-19-20/h1-2,5-6,9-10H,3-4,7-8,11,16H2,(H,18,21). The van der Waals surface area contributed by atoms with Crippen LogP contribution in [0.3, 0.4) is 0 Å². The number of nitrogens with zero attached hydrogens (tertiary/aromatic N) is 3. The van der Waals surface area contributed by atoms with Gasteiger partial charge in [0.1, 0.15) is 0 Å². The second-order valence-electron chi connectivity index (χ2n) is 5.51. The Balaban J connectivity index is 1.87. The summed E-state index contributed by atoms with van der Waals surface area (Å²) in [7, 11) is 0. The zero-order chi connectivity index (χ0) is 14.7. The van der Waals surface area contributed by atoms with Crippen molar-refractivity contribution in [2.75, 3.05) is 11.9 Å². The summed E-state index contributed by atoms with van der Waals surface area (Å²) in [5, 5.41) is 10.8. The fourth-order valence-corrected chi connectivity index (χ4v) is 2.95. The summed E-state index contributed by atoms with van der Waals surface area (Å²) in [6, 6.07) is 7.56. The lowest BCUT2D eigenvalue weighted by Crippen LogP contribution is -2.40. The topological polar surface area (TPSA) is 85.8 Å². The minimum absolute atomic E-state index is 0.00932. The summed E-state index contributed by atoms with van der Waals surface area (Å²) in [4.78, 5) is 12.7. The van der Waals surface area contributed by atoms with E-state index in [2.05, 4.69) is 15.6 Å². The maximum absolute atomic E-state index is 12.7. The Bertz CT molecular complexity index is 617. The normalized spacial score (nSPS) is 16.8. The molecule has 1 aliphatic carbocycles. The van der Waals surface area contributed by atoms with Gasteiger partial charge in [0.2, 0.25) is 5.91 Å². The van der Waals surface area contributed by atoms with Gasteiger partial charge in [-0.1, -0.05) is 30.2 Å². The van der Waals surface area contributed by atoms with E-state index in [1.165, 1.54) is 0 Å². The van der Waals surface area contributed by atoms with E-state index >= 15 is 0 Å². The lowest BCUT2D eigenvalue weighted by Gasteiger charge is -2.26. The second kappa shape index (κ2) is 5.65. The van der Waals surface area contributed by atoms with Gasteiger partial charge in [-0.15, -0.1) is 5.10 Å². The van der Waals surface area contributed by atoms with Gasteiger partial charge in [-0.05, 0) is 25.0 Å². The third kappa shape index (κ3) is 2.54. The van der Waals surface area contributed by atoms with Gasteiger partial charge in [-0.3, -0.25) is 4.79 Å². The Kier molecular flexibility index (Phi) is 3.70. The highest BCUT2D eigenvalue weighted by atomic mass is 16.2. The predicted molar refractivity (Wildman–Crippen MR) is 79.9 cm³/mol. The van der Waals surface area contributed by atoms with Crippen LogP contribution in [0, 0.1) is 5.41 Å². The fourth-order valence-electron chi connectivity index (χ4n) is 2.95. The van der Waals surface area contributed by atoms with Crippen LogP contribution < -0.4 is 11.1 Å². The monoisotopic (exact) mass is 285 g/mol. The number of nitrogens with two attached hydrogens (primary N) is 1. The molecule has 1 saturated carbocycles. The van der Waals surface area contributed by atoms with Gasteiger partial charge >= 0.3 is 0 Å². The molecule has 0 bridgehead atoms. The van der Waals surface area contributed by atoms with Crippen molar-refractivity contribution in [2.24, 2.45) is 11.1 Å². The van der Waals surface area contributed by atoms with Gasteiger partial charge in [-0.25, -0.2) is 4.68 Å². The second-order valence-corrected chi connectivity index (χ2v) is 5.51. The minimum Gasteiger partial charge on any atom is -0.329 e. The fraction of sp³-hybridized carbons (Fsp3) is 0.400. The van der Waals surface area contributed by atoms with Crippen molar-refractivity contribution < 1.29 is 4.79 Å². The van der Waals surface area contributed by atoms with Gasteiger partial charge in [0.25, 0.3) is 0 Å². The lowest BCUT2D eigenvalue weighted by atomic mass is 9.85. The molecule has 1 aliphatic rings. The van der Waals surface area contributed by atoms with Crippen molar-refractivity contribution in [3.63, 3.8) is 0 Å². The van der Waals surface area contributed by atoms with E-state index in [9.17, 15) is 4.79 Å². The van der Waals surface area contributed by atoms with E-state index in [0.29, 0.717) is 6.54 Å². The minimum atomic E-state index is -0.421. The van der Waals surface area contributed by atoms with Gasteiger partial charge in [0.05, 0.1) is 29.2 Å². The summed E-state index contributed by atoms with van der Waals surface area (Å²) < 4.78 is 1.64. The van der Waals surface area contributed by atoms with Gasteiger partial charge in [-0.2, -0.15) is 0 Å². The quantitative estimate of drug-likeness (QED) is 0.895. The smallest absolute Gasteiger partial charge is 0.231 e. The zero-order valence-electron chi connectivity index (χ0n) is 11.8. The van der Waals surface area contributed by atoms with Crippen molar-refractivity contribution in [3.8, 4) is 5.69 Å². The van der Waals surface area contributed by atoms with Crippen LogP contribution in [0.25, 0.3) is 5.69 Å². The first kappa shape index (κ1) is 13.8. The molecule has 0 spiro atoms. The van der Waals surface area contributed by atoms with E-state index in [4.69, 9.17) is 5.73 Å². The molecule has 1 amide bonds. The number of hydrogen-bond acceptors (Lipinski definition) is 4. The largest absolute Gasteiger partial charge is 0.329 e. The van der Waals surface area contributed by atoms with Crippen LogP contribution in [0.1, 0.15) is 25.7 Å². The molecule has 6 nitrogen and oxygen atoms in total. The van der Waals surface area contributed by atoms with E-state index in [1.54, 1.807) is 17.1 Å². The molecule has 0 saturated heterocycles. The number of benzene rings is 1. The summed E-state index contributed by atoms with van der Waals surface area (Å²) in [5.74, 6) is 0.00932. The van der Waals surface area contributed by atoms with E-state index in [0.717, 1.165) is 37.1 Å². The number of para-hydroxylation sites is 2. The highest BCUT2D eigenvalue weighted by Crippen LogP contribution is 2.38. The molecular formula is C15H19N5O. The molecule has 1 heterocycles. The molecule has 3 rings (SSSR count). The van der Waals surface area contributed by atoms with E-state index in [-0.39, 0.29) is 5.91 Å². The average molecular weight is 285 g/mol. The molecule has 0 atom stereocenters. The van der Waals surface area contributed by atoms with Crippen molar-refractivity contribution in [1.29, 1.82) is 0 Å². The van der Waals surface area contributed by atoms with Crippen LogP contribution in [0.15, 0.2) is 36.7 Å². The maximum Gasteiger partial charge on any atom is 0.231 e. The molecule has 3 N–H and O–H groups in total. The number of anilines is 1. The van der Waals surface area contributed by atoms with Crippen LogP contribution in [-0.4, -0.2) is 27.4 Å². The zero-order valence-corrected chi connectivity index (χ0v) is 11.8. The molecule has 21 heavy (non-hydrogen) atoms.